The summed E-state index contributed by atoms with van der Waals surface area (Å²) in [6.07, 6.45) is 3.40. The van der Waals surface area contributed by atoms with Crippen molar-refractivity contribution in [3.8, 4) is 0 Å². The van der Waals surface area contributed by atoms with Gasteiger partial charge in [0.2, 0.25) is 0 Å². The molecule has 0 bridgehead atoms. The van der Waals surface area contributed by atoms with Gasteiger partial charge in [-0.15, -0.1) is 0 Å². The molecule has 0 aromatic heterocycles. The second-order valence-electron chi connectivity index (χ2n) is 3.50. The Balaban J connectivity index is 2.63. The largest absolute Gasteiger partial charge is 0.461 e. The highest BCUT2D eigenvalue weighted by Gasteiger charge is 2.45. The molecule has 1 saturated carbocycles. The monoisotopic (exact) mass is 182 g/mol. The van der Waals surface area contributed by atoms with E-state index in [1.165, 1.54) is 6.08 Å². The molecule has 0 heterocycles. The van der Waals surface area contributed by atoms with E-state index >= 15 is 0 Å². The molecule has 1 rings (SSSR count). The number of carbonyl (C=O) groups excluding carboxylic acids is 2. The van der Waals surface area contributed by atoms with Crippen molar-refractivity contribution in [1.82, 2.24) is 0 Å². The van der Waals surface area contributed by atoms with Crippen molar-refractivity contribution >= 4 is 11.8 Å². The first-order valence-corrected chi connectivity index (χ1v) is 4.42. The van der Waals surface area contributed by atoms with Crippen molar-refractivity contribution in [2.75, 3.05) is 6.61 Å². The summed E-state index contributed by atoms with van der Waals surface area (Å²) >= 11 is 0. The molecular formula is C10H14O3. The molecule has 0 unspecified atom stereocenters. The number of esters is 1. The molecule has 0 aromatic carbocycles. The van der Waals surface area contributed by atoms with Crippen LogP contribution in [0.25, 0.3) is 0 Å². The van der Waals surface area contributed by atoms with Gasteiger partial charge in [-0.1, -0.05) is 12.7 Å². The number of hydrogen-bond donors (Lipinski definition) is 0. The topological polar surface area (TPSA) is 43.4 Å². The Hall–Kier alpha value is -1.12. The Labute approximate surface area is 77.8 Å². The quantitative estimate of drug-likeness (QED) is 0.377. The highest BCUT2D eigenvalue weighted by atomic mass is 16.5. The van der Waals surface area contributed by atoms with Crippen LogP contribution in [0.2, 0.25) is 0 Å². The number of carbonyl (C=O) groups is 2. The van der Waals surface area contributed by atoms with Gasteiger partial charge in [-0.2, -0.15) is 0 Å². The van der Waals surface area contributed by atoms with Gasteiger partial charge < -0.3 is 4.74 Å². The van der Waals surface area contributed by atoms with Gasteiger partial charge in [0.05, 0.1) is 0 Å². The summed E-state index contributed by atoms with van der Waals surface area (Å²) in [6.45, 7) is 5.28. The predicted molar refractivity (Wildman–Crippen MR) is 48.1 cm³/mol. The van der Waals surface area contributed by atoms with Gasteiger partial charge in [0.25, 0.3) is 0 Å². The molecule has 1 aliphatic rings. The lowest BCUT2D eigenvalue weighted by Crippen LogP contribution is -2.33. The van der Waals surface area contributed by atoms with Crippen LogP contribution in [0.1, 0.15) is 26.2 Å². The predicted octanol–water partition coefficient (Wildman–Crippen LogP) is 1.47. The first kappa shape index (κ1) is 9.96. The van der Waals surface area contributed by atoms with Crippen LogP contribution in [0.4, 0.5) is 0 Å². The van der Waals surface area contributed by atoms with Crippen LogP contribution >= 0.6 is 0 Å². The summed E-state index contributed by atoms with van der Waals surface area (Å²) in [6, 6.07) is 0. The van der Waals surface area contributed by atoms with Crippen LogP contribution in [-0.2, 0) is 14.3 Å². The van der Waals surface area contributed by atoms with Crippen LogP contribution in [0.3, 0.4) is 0 Å². The lowest BCUT2D eigenvalue weighted by Gasteiger charge is -2.18. The molecule has 0 spiro atoms. The molecule has 0 aliphatic heterocycles. The molecule has 3 heteroatoms. The Bertz CT molecular complexity index is 245. The second-order valence-corrected chi connectivity index (χ2v) is 3.50. The lowest BCUT2D eigenvalue weighted by atomic mass is 9.88. The van der Waals surface area contributed by atoms with Crippen molar-refractivity contribution in [3.05, 3.63) is 12.7 Å². The summed E-state index contributed by atoms with van der Waals surface area (Å²) in [4.78, 5) is 22.8. The molecule has 0 aromatic rings. The van der Waals surface area contributed by atoms with E-state index < -0.39 is 11.4 Å². The standard InChI is InChI=1S/C10H14O3/c1-3-7-13-9(12)10(2)6-4-5-8(10)11/h3H,1,4-7H2,2H3/t10-/m1/s1. The summed E-state index contributed by atoms with van der Waals surface area (Å²) < 4.78 is 4.87. The average molecular weight is 182 g/mol. The van der Waals surface area contributed by atoms with E-state index in [-0.39, 0.29) is 12.4 Å². The minimum absolute atomic E-state index is 0.00145. The lowest BCUT2D eigenvalue weighted by molar-refractivity contribution is -0.156. The highest BCUT2D eigenvalue weighted by molar-refractivity contribution is 6.04. The zero-order chi connectivity index (χ0) is 9.90. The van der Waals surface area contributed by atoms with E-state index in [9.17, 15) is 9.59 Å². The minimum atomic E-state index is -0.886. The molecular weight excluding hydrogens is 168 g/mol. The Kier molecular flexibility index (Phi) is 2.86. The fraction of sp³-hybridized carbons (Fsp3) is 0.600. The van der Waals surface area contributed by atoms with Gasteiger partial charge in [-0.25, -0.2) is 0 Å². The number of Topliss-reactive ketones (excluding diaryl/α,β-unsaturated/α-hetero) is 1. The normalized spacial score (nSPS) is 27.3. The summed E-state index contributed by atoms with van der Waals surface area (Å²) in [5, 5.41) is 0. The number of ketones is 1. The maximum absolute atomic E-state index is 11.4. The van der Waals surface area contributed by atoms with Crippen molar-refractivity contribution in [2.45, 2.75) is 26.2 Å². The second kappa shape index (κ2) is 3.73. The van der Waals surface area contributed by atoms with Crippen LogP contribution < -0.4 is 0 Å². The summed E-state index contributed by atoms with van der Waals surface area (Å²) in [7, 11) is 0. The molecule has 1 atom stereocenters. The van der Waals surface area contributed by atoms with E-state index in [0.29, 0.717) is 12.8 Å². The highest BCUT2D eigenvalue weighted by Crippen LogP contribution is 2.35. The van der Waals surface area contributed by atoms with Crippen molar-refractivity contribution in [3.63, 3.8) is 0 Å². The van der Waals surface area contributed by atoms with Gasteiger partial charge in [0, 0.05) is 6.42 Å². The van der Waals surface area contributed by atoms with Crippen LogP contribution in [-0.4, -0.2) is 18.4 Å². The molecule has 1 aliphatic carbocycles. The molecule has 0 saturated heterocycles. The van der Waals surface area contributed by atoms with Gasteiger partial charge >= 0.3 is 5.97 Å². The van der Waals surface area contributed by atoms with Crippen molar-refractivity contribution in [1.29, 1.82) is 0 Å². The molecule has 3 nitrogen and oxygen atoms in total. The maximum atomic E-state index is 11.4. The number of ether oxygens (including phenoxy) is 1. The average Bonchev–Trinajstić information content (AvgIpc) is 2.44. The maximum Gasteiger partial charge on any atom is 0.319 e. The smallest absolute Gasteiger partial charge is 0.319 e. The Morgan fingerprint density at radius 1 is 1.77 bits per heavy atom. The third-order valence-electron chi connectivity index (χ3n) is 2.48. The first-order valence-electron chi connectivity index (χ1n) is 4.42. The van der Waals surface area contributed by atoms with E-state index in [1.807, 2.05) is 0 Å². The zero-order valence-corrected chi connectivity index (χ0v) is 7.84. The number of rotatable bonds is 3. The minimum Gasteiger partial charge on any atom is -0.461 e. The van der Waals surface area contributed by atoms with E-state index in [1.54, 1.807) is 6.92 Å². The third kappa shape index (κ3) is 1.79. The fourth-order valence-corrected chi connectivity index (χ4v) is 1.53. The van der Waals surface area contributed by atoms with Gasteiger partial charge in [-0.3, -0.25) is 9.59 Å². The molecule has 0 radical (unpaired) electrons. The zero-order valence-electron chi connectivity index (χ0n) is 7.84. The molecule has 0 amide bonds. The summed E-state index contributed by atoms with van der Waals surface area (Å²) in [5.74, 6) is -0.406. The van der Waals surface area contributed by atoms with E-state index in [2.05, 4.69) is 6.58 Å². The third-order valence-corrected chi connectivity index (χ3v) is 2.48. The van der Waals surface area contributed by atoms with E-state index in [0.717, 1.165) is 6.42 Å². The fourth-order valence-electron chi connectivity index (χ4n) is 1.53. The molecule has 0 N–H and O–H groups in total. The van der Waals surface area contributed by atoms with Gasteiger partial charge in [-0.05, 0) is 19.8 Å². The Morgan fingerprint density at radius 3 is 2.92 bits per heavy atom. The first-order chi connectivity index (χ1) is 6.11. The van der Waals surface area contributed by atoms with Crippen molar-refractivity contribution < 1.29 is 14.3 Å². The molecule has 13 heavy (non-hydrogen) atoms. The van der Waals surface area contributed by atoms with Gasteiger partial charge in [0.15, 0.2) is 0 Å². The van der Waals surface area contributed by atoms with Crippen LogP contribution in [0.5, 0.6) is 0 Å². The van der Waals surface area contributed by atoms with Crippen LogP contribution in [0, 0.1) is 5.41 Å². The van der Waals surface area contributed by atoms with Crippen LogP contribution in [0.15, 0.2) is 12.7 Å². The molecule has 1 fully saturated rings. The van der Waals surface area contributed by atoms with Gasteiger partial charge in [0.1, 0.15) is 17.8 Å². The van der Waals surface area contributed by atoms with Crippen molar-refractivity contribution in [2.24, 2.45) is 5.41 Å². The molecule has 72 valence electrons. The van der Waals surface area contributed by atoms with E-state index in [4.69, 9.17) is 4.74 Å². The Morgan fingerprint density at radius 2 is 2.46 bits per heavy atom. The number of hydrogen-bond acceptors (Lipinski definition) is 3. The SMILES string of the molecule is C=CCOC(=O)[C@]1(C)CCCC1=O. The summed E-state index contributed by atoms with van der Waals surface area (Å²) in [5.41, 5.74) is -0.886.